The number of amides is 2. The van der Waals surface area contributed by atoms with Crippen molar-refractivity contribution >= 4 is 29.1 Å². The van der Waals surface area contributed by atoms with Crippen LogP contribution in [0.15, 0.2) is 48.5 Å². The number of benzene rings is 2. The van der Waals surface area contributed by atoms with E-state index in [2.05, 4.69) is 16.0 Å². The van der Waals surface area contributed by atoms with Crippen molar-refractivity contribution in [2.75, 3.05) is 11.9 Å². The summed E-state index contributed by atoms with van der Waals surface area (Å²) in [6.07, 6.45) is 3.61. The number of halogens is 1. The fourth-order valence-electron chi connectivity index (χ4n) is 2.70. The number of rotatable bonds is 9. The molecule has 0 bridgehead atoms. The number of hydrogen-bond donors (Lipinski definition) is 3. The van der Waals surface area contributed by atoms with Crippen LogP contribution in [0.4, 0.5) is 5.69 Å². The Labute approximate surface area is 164 Å². The van der Waals surface area contributed by atoms with E-state index in [4.69, 9.17) is 11.6 Å². The Morgan fingerprint density at radius 2 is 1.85 bits per heavy atom. The predicted molar refractivity (Wildman–Crippen MR) is 108 cm³/mol. The molecule has 1 saturated carbocycles. The molecule has 0 saturated heterocycles. The highest BCUT2D eigenvalue weighted by atomic mass is 35.5. The topological polar surface area (TPSA) is 70.2 Å². The molecule has 0 aromatic heterocycles. The molecule has 6 heteroatoms. The molecule has 2 amide bonds. The van der Waals surface area contributed by atoms with E-state index >= 15 is 0 Å². The molecule has 0 atom stereocenters. The van der Waals surface area contributed by atoms with Gasteiger partial charge in [-0.05, 0) is 67.8 Å². The average Bonchev–Trinajstić information content (AvgIpc) is 3.46. The summed E-state index contributed by atoms with van der Waals surface area (Å²) in [5.41, 5.74) is 2.39. The minimum atomic E-state index is -0.168. The zero-order valence-electron chi connectivity index (χ0n) is 15.1. The van der Waals surface area contributed by atoms with E-state index in [1.807, 2.05) is 24.3 Å². The molecule has 0 heterocycles. The van der Waals surface area contributed by atoms with Crippen LogP contribution in [0.3, 0.4) is 0 Å². The van der Waals surface area contributed by atoms with Gasteiger partial charge in [0, 0.05) is 35.3 Å². The van der Waals surface area contributed by atoms with Crippen LogP contribution < -0.4 is 16.0 Å². The molecule has 1 aliphatic carbocycles. The molecule has 0 aliphatic heterocycles. The third kappa shape index (κ3) is 6.70. The Balaban J connectivity index is 1.40. The number of nitrogens with one attached hydrogen (secondary N) is 3. The zero-order chi connectivity index (χ0) is 19.1. The van der Waals surface area contributed by atoms with Gasteiger partial charge < -0.3 is 16.0 Å². The lowest BCUT2D eigenvalue weighted by Gasteiger charge is -2.09. The predicted octanol–water partition coefficient (Wildman–Crippen LogP) is 3.74. The second-order valence-electron chi connectivity index (χ2n) is 6.78. The number of carbonyl (C=O) groups is 2. The maximum Gasteiger partial charge on any atom is 0.255 e. The first-order valence-electron chi connectivity index (χ1n) is 9.26. The summed E-state index contributed by atoms with van der Waals surface area (Å²) in [6.45, 7) is 1.47. The molecule has 3 rings (SSSR count). The molecular formula is C21H24ClN3O2. The molecule has 1 aliphatic rings. The summed E-state index contributed by atoms with van der Waals surface area (Å²) in [5, 5.41) is 9.82. The molecule has 0 spiro atoms. The van der Waals surface area contributed by atoms with Crippen LogP contribution in [0.25, 0.3) is 0 Å². The SMILES string of the molecule is O=C(CCCNCc1cccc(NC(=O)c2ccc(Cl)cc2)c1)NC1CC1. The number of anilines is 1. The molecule has 2 aromatic carbocycles. The Kier molecular flexibility index (Phi) is 6.85. The monoisotopic (exact) mass is 385 g/mol. The Morgan fingerprint density at radius 1 is 1.07 bits per heavy atom. The van der Waals surface area contributed by atoms with E-state index in [-0.39, 0.29) is 11.8 Å². The fourth-order valence-corrected chi connectivity index (χ4v) is 2.82. The first-order chi connectivity index (χ1) is 13.1. The summed E-state index contributed by atoms with van der Waals surface area (Å²) in [4.78, 5) is 23.9. The lowest BCUT2D eigenvalue weighted by atomic mass is 10.1. The second kappa shape index (κ2) is 9.53. The summed E-state index contributed by atoms with van der Waals surface area (Å²) in [5.74, 6) is -0.0235. The standard InChI is InChI=1S/C21H24ClN3O2/c22-17-8-6-16(7-9-17)21(27)25-19-4-1-3-15(13-19)14-23-12-2-5-20(26)24-18-10-11-18/h1,3-4,6-9,13,18,23H,2,5,10-12,14H2,(H,24,26)(H,25,27). The molecule has 0 radical (unpaired) electrons. The van der Waals surface area contributed by atoms with Crippen LogP contribution in [0, 0.1) is 0 Å². The lowest BCUT2D eigenvalue weighted by Crippen LogP contribution is -2.26. The average molecular weight is 386 g/mol. The van der Waals surface area contributed by atoms with E-state index in [1.165, 1.54) is 0 Å². The first kappa shape index (κ1) is 19.4. The summed E-state index contributed by atoms with van der Waals surface area (Å²) < 4.78 is 0. The summed E-state index contributed by atoms with van der Waals surface area (Å²) >= 11 is 5.85. The van der Waals surface area contributed by atoms with Gasteiger partial charge in [0.05, 0.1) is 0 Å². The van der Waals surface area contributed by atoms with Gasteiger partial charge in [-0.3, -0.25) is 9.59 Å². The smallest absolute Gasteiger partial charge is 0.255 e. The van der Waals surface area contributed by atoms with Crippen LogP contribution in [0.5, 0.6) is 0 Å². The summed E-state index contributed by atoms with van der Waals surface area (Å²) in [7, 11) is 0. The maximum absolute atomic E-state index is 12.3. The van der Waals surface area contributed by atoms with E-state index in [9.17, 15) is 9.59 Å². The van der Waals surface area contributed by atoms with Crippen LogP contribution in [-0.2, 0) is 11.3 Å². The van der Waals surface area contributed by atoms with E-state index in [0.29, 0.717) is 29.6 Å². The van der Waals surface area contributed by atoms with Crippen LogP contribution in [0.2, 0.25) is 5.02 Å². The van der Waals surface area contributed by atoms with Gasteiger partial charge in [-0.1, -0.05) is 23.7 Å². The lowest BCUT2D eigenvalue weighted by molar-refractivity contribution is -0.121. The zero-order valence-corrected chi connectivity index (χ0v) is 15.9. The van der Waals surface area contributed by atoms with Crippen molar-refractivity contribution in [3.63, 3.8) is 0 Å². The van der Waals surface area contributed by atoms with Crippen molar-refractivity contribution in [2.45, 2.75) is 38.3 Å². The third-order valence-corrected chi connectivity index (χ3v) is 4.57. The third-order valence-electron chi connectivity index (χ3n) is 4.32. The minimum absolute atomic E-state index is 0.145. The molecule has 27 heavy (non-hydrogen) atoms. The summed E-state index contributed by atoms with van der Waals surface area (Å²) in [6, 6.07) is 14.9. The molecular weight excluding hydrogens is 362 g/mol. The van der Waals surface area contributed by atoms with Gasteiger partial charge in [0.1, 0.15) is 0 Å². The Hall–Kier alpha value is -2.37. The first-order valence-corrected chi connectivity index (χ1v) is 9.64. The maximum atomic E-state index is 12.3. The van der Waals surface area contributed by atoms with Gasteiger partial charge in [0.15, 0.2) is 0 Å². The fraction of sp³-hybridized carbons (Fsp3) is 0.333. The van der Waals surface area contributed by atoms with Crippen LogP contribution in [0.1, 0.15) is 41.6 Å². The molecule has 3 N–H and O–H groups in total. The largest absolute Gasteiger partial charge is 0.353 e. The number of hydrogen-bond acceptors (Lipinski definition) is 3. The minimum Gasteiger partial charge on any atom is -0.353 e. The quantitative estimate of drug-likeness (QED) is 0.576. The van der Waals surface area contributed by atoms with Gasteiger partial charge in [-0.25, -0.2) is 0 Å². The van der Waals surface area contributed by atoms with Gasteiger partial charge in [0.25, 0.3) is 5.91 Å². The van der Waals surface area contributed by atoms with Crippen molar-refractivity contribution < 1.29 is 9.59 Å². The van der Waals surface area contributed by atoms with Crippen molar-refractivity contribution in [3.05, 3.63) is 64.7 Å². The van der Waals surface area contributed by atoms with E-state index in [1.54, 1.807) is 24.3 Å². The van der Waals surface area contributed by atoms with Gasteiger partial charge in [-0.2, -0.15) is 0 Å². The van der Waals surface area contributed by atoms with E-state index in [0.717, 1.165) is 37.1 Å². The number of carbonyl (C=O) groups excluding carboxylic acids is 2. The molecule has 0 unspecified atom stereocenters. The highest BCUT2D eigenvalue weighted by Gasteiger charge is 2.22. The Bertz CT molecular complexity index is 788. The van der Waals surface area contributed by atoms with Gasteiger partial charge >= 0.3 is 0 Å². The molecule has 5 nitrogen and oxygen atoms in total. The van der Waals surface area contributed by atoms with Crippen LogP contribution >= 0.6 is 11.6 Å². The molecule has 1 fully saturated rings. The van der Waals surface area contributed by atoms with Crippen molar-refractivity contribution in [3.8, 4) is 0 Å². The van der Waals surface area contributed by atoms with Crippen molar-refractivity contribution in [1.82, 2.24) is 10.6 Å². The van der Waals surface area contributed by atoms with E-state index < -0.39 is 0 Å². The van der Waals surface area contributed by atoms with Gasteiger partial charge in [0.2, 0.25) is 5.91 Å². The van der Waals surface area contributed by atoms with Crippen LogP contribution in [-0.4, -0.2) is 24.4 Å². The van der Waals surface area contributed by atoms with Crippen molar-refractivity contribution in [1.29, 1.82) is 0 Å². The Morgan fingerprint density at radius 3 is 2.59 bits per heavy atom. The van der Waals surface area contributed by atoms with Crippen molar-refractivity contribution in [2.24, 2.45) is 0 Å². The molecule has 2 aromatic rings. The molecule has 142 valence electrons. The highest BCUT2D eigenvalue weighted by Crippen LogP contribution is 2.18. The van der Waals surface area contributed by atoms with Gasteiger partial charge in [-0.15, -0.1) is 0 Å². The second-order valence-corrected chi connectivity index (χ2v) is 7.22. The normalized spacial score (nSPS) is 13.2. The highest BCUT2D eigenvalue weighted by molar-refractivity contribution is 6.30.